The summed E-state index contributed by atoms with van der Waals surface area (Å²) in [5.41, 5.74) is -2.70. The van der Waals surface area contributed by atoms with E-state index in [0.29, 0.717) is 0 Å². The normalized spacial score (nSPS) is 17.7. The Hall–Kier alpha value is -3.11. The molecule has 1 aromatic heterocycles. The third-order valence-corrected chi connectivity index (χ3v) is 6.62. The first-order valence-corrected chi connectivity index (χ1v) is 14.0. The van der Waals surface area contributed by atoms with Crippen molar-refractivity contribution in [2.45, 2.75) is 72.4 Å². The number of phosphoric ester groups is 1. The molecule has 0 spiro atoms. The van der Waals surface area contributed by atoms with Crippen molar-refractivity contribution in [3.05, 3.63) is 23.3 Å². The number of fused-ring (bicyclic) bond motifs is 1. The van der Waals surface area contributed by atoms with Gasteiger partial charge in [0.05, 0.1) is 18.3 Å². The summed E-state index contributed by atoms with van der Waals surface area (Å²) in [5, 5.41) is 9.28. The first kappa shape index (κ1) is 31.4. The third-order valence-electron chi connectivity index (χ3n) is 6.04. The average Bonchev–Trinajstić information content (AvgIpc) is 3.17. The van der Waals surface area contributed by atoms with Crippen LogP contribution in [0.5, 0.6) is 0 Å². The highest BCUT2D eigenvalue weighted by atomic mass is 31.2. The number of imidazole rings is 1. The zero-order valence-electron chi connectivity index (χ0n) is 23.1. The van der Waals surface area contributed by atoms with E-state index in [4.69, 9.17) is 19.3 Å². The number of carbonyl (C=O) groups is 2. The molecule has 1 amide bonds. The standard InChI is InChI=1S/C25H33F2N4O8P/c1-24(2,3)10-18(32)30(13-38-23(33)37-12-14-7-16(8-14)39-40(34,35)36)22-29-20-17(26)9-15(11-28)19(27)21(20)31(22)25(4,5)6/h9,14,16H,7-8,10,12-13H2,1-6H3,(H2,34,35,36). The van der Waals surface area contributed by atoms with Crippen molar-refractivity contribution in [1.82, 2.24) is 9.55 Å². The molecular formula is C25H33F2N4O8P. The maximum Gasteiger partial charge on any atom is 0.510 e. The Kier molecular flexibility index (Phi) is 8.96. The molecule has 0 atom stereocenters. The fourth-order valence-corrected chi connectivity index (χ4v) is 4.85. The summed E-state index contributed by atoms with van der Waals surface area (Å²) < 4.78 is 57.3. The molecule has 2 aromatic rings. The maximum absolute atomic E-state index is 15.3. The van der Waals surface area contributed by atoms with Gasteiger partial charge >= 0.3 is 14.0 Å². The van der Waals surface area contributed by atoms with Gasteiger partial charge in [0, 0.05) is 12.0 Å². The third kappa shape index (κ3) is 7.54. The first-order chi connectivity index (χ1) is 18.3. The molecule has 0 unspecified atom stereocenters. The molecule has 1 fully saturated rings. The quantitative estimate of drug-likeness (QED) is 0.251. The van der Waals surface area contributed by atoms with E-state index in [1.165, 1.54) is 4.57 Å². The van der Waals surface area contributed by atoms with Crippen molar-refractivity contribution in [2.24, 2.45) is 11.3 Å². The van der Waals surface area contributed by atoms with Gasteiger partial charge in [0.25, 0.3) is 0 Å². The fraction of sp³-hybridized carbons (Fsp3) is 0.600. The molecule has 1 aromatic carbocycles. The lowest BCUT2D eigenvalue weighted by molar-refractivity contribution is -0.121. The van der Waals surface area contributed by atoms with E-state index >= 15 is 4.39 Å². The van der Waals surface area contributed by atoms with Crippen LogP contribution in [0.25, 0.3) is 11.0 Å². The van der Waals surface area contributed by atoms with Gasteiger partial charge in [-0.25, -0.2) is 28.0 Å². The zero-order valence-corrected chi connectivity index (χ0v) is 24.0. The zero-order chi connectivity index (χ0) is 30.2. The Morgan fingerprint density at radius 1 is 1.20 bits per heavy atom. The largest absolute Gasteiger partial charge is 0.510 e. The molecular weight excluding hydrogens is 553 g/mol. The van der Waals surface area contributed by atoms with Crippen LogP contribution in [0.1, 0.15) is 66.4 Å². The van der Waals surface area contributed by atoms with Crippen LogP contribution in [-0.4, -0.2) is 50.8 Å². The number of halogens is 2. The number of anilines is 1. The molecule has 1 heterocycles. The van der Waals surface area contributed by atoms with Gasteiger partial charge < -0.3 is 23.8 Å². The van der Waals surface area contributed by atoms with Gasteiger partial charge in [-0.1, -0.05) is 20.8 Å². The van der Waals surface area contributed by atoms with Crippen LogP contribution in [0.3, 0.4) is 0 Å². The fourth-order valence-electron chi connectivity index (χ4n) is 4.29. The summed E-state index contributed by atoms with van der Waals surface area (Å²) in [6.07, 6.45) is -1.27. The van der Waals surface area contributed by atoms with Gasteiger partial charge in [0.15, 0.2) is 18.4 Å². The smallest absolute Gasteiger partial charge is 0.434 e. The Bertz CT molecular complexity index is 1380. The number of benzene rings is 1. The minimum absolute atomic E-state index is 0.0315. The Labute approximate surface area is 230 Å². The number of rotatable bonds is 8. The van der Waals surface area contributed by atoms with Crippen molar-refractivity contribution in [1.29, 1.82) is 5.26 Å². The van der Waals surface area contributed by atoms with Crippen molar-refractivity contribution >= 4 is 36.9 Å². The van der Waals surface area contributed by atoms with Crippen molar-refractivity contribution in [3.63, 3.8) is 0 Å². The predicted octanol–water partition coefficient (Wildman–Crippen LogP) is 4.71. The number of carbonyl (C=O) groups excluding carboxylic acids is 2. The molecule has 1 aliphatic rings. The number of hydrogen-bond acceptors (Lipinski definition) is 8. The second-order valence-electron chi connectivity index (χ2n) is 11.9. The van der Waals surface area contributed by atoms with Crippen LogP contribution in [0.4, 0.5) is 19.5 Å². The van der Waals surface area contributed by atoms with Gasteiger partial charge in [-0.15, -0.1) is 0 Å². The summed E-state index contributed by atoms with van der Waals surface area (Å²) in [4.78, 5) is 48.7. The van der Waals surface area contributed by atoms with Gasteiger partial charge in [-0.3, -0.25) is 9.32 Å². The topological polar surface area (TPSA) is 164 Å². The second-order valence-corrected chi connectivity index (χ2v) is 13.1. The molecule has 1 aliphatic carbocycles. The number of amides is 1. The van der Waals surface area contributed by atoms with E-state index in [0.717, 1.165) is 11.0 Å². The van der Waals surface area contributed by atoms with E-state index in [-0.39, 0.29) is 43.3 Å². The van der Waals surface area contributed by atoms with E-state index in [2.05, 4.69) is 9.51 Å². The highest BCUT2D eigenvalue weighted by Gasteiger charge is 2.36. The average molecular weight is 587 g/mol. The number of ether oxygens (including phenoxy) is 2. The number of hydrogen-bond donors (Lipinski definition) is 2. The molecule has 1 saturated carbocycles. The number of aromatic nitrogens is 2. The lowest BCUT2D eigenvalue weighted by atomic mass is 9.83. The van der Waals surface area contributed by atoms with Crippen molar-refractivity contribution in [3.8, 4) is 6.07 Å². The lowest BCUT2D eigenvalue weighted by Crippen LogP contribution is -2.40. The molecule has 220 valence electrons. The van der Waals surface area contributed by atoms with Crippen LogP contribution in [0, 0.1) is 34.3 Å². The molecule has 0 radical (unpaired) electrons. The van der Waals surface area contributed by atoms with Gasteiger partial charge in [0.2, 0.25) is 11.9 Å². The van der Waals surface area contributed by atoms with Gasteiger partial charge in [-0.05, 0) is 51.0 Å². The highest BCUT2D eigenvalue weighted by Crippen LogP contribution is 2.44. The number of nitrogens with zero attached hydrogens (tertiary/aromatic N) is 4. The van der Waals surface area contributed by atoms with Crippen LogP contribution in [-0.2, 0) is 28.9 Å². The summed E-state index contributed by atoms with van der Waals surface area (Å²) in [5.74, 6) is -2.89. The van der Waals surface area contributed by atoms with Gasteiger partial charge in [-0.2, -0.15) is 5.26 Å². The van der Waals surface area contributed by atoms with Crippen LogP contribution in [0.2, 0.25) is 0 Å². The van der Waals surface area contributed by atoms with E-state index in [1.54, 1.807) is 26.8 Å². The first-order valence-electron chi connectivity index (χ1n) is 12.5. The summed E-state index contributed by atoms with van der Waals surface area (Å²) in [6.45, 7) is 9.68. The molecule has 0 aliphatic heterocycles. The van der Waals surface area contributed by atoms with E-state index in [1.807, 2.05) is 20.8 Å². The SMILES string of the molecule is CC(C)(C)CC(=O)N(COC(=O)OCC1CC(OP(=O)(O)O)C1)c1nc2c(F)cc(C#N)c(F)c2n1C(C)(C)C. The van der Waals surface area contributed by atoms with Crippen LogP contribution < -0.4 is 4.90 Å². The highest BCUT2D eigenvalue weighted by molar-refractivity contribution is 7.46. The molecule has 12 nitrogen and oxygen atoms in total. The predicted molar refractivity (Wildman–Crippen MR) is 138 cm³/mol. The van der Waals surface area contributed by atoms with Crippen LogP contribution >= 0.6 is 7.82 Å². The van der Waals surface area contributed by atoms with Crippen molar-refractivity contribution in [2.75, 3.05) is 18.2 Å². The second kappa shape index (κ2) is 11.4. The molecule has 40 heavy (non-hydrogen) atoms. The van der Waals surface area contributed by atoms with Crippen LogP contribution in [0.15, 0.2) is 6.07 Å². The molecule has 3 rings (SSSR count). The molecule has 0 bridgehead atoms. The molecule has 2 N–H and O–H groups in total. The Morgan fingerprint density at radius 3 is 2.35 bits per heavy atom. The van der Waals surface area contributed by atoms with Crippen molar-refractivity contribution < 1.29 is 46.7 Å². The number of nitriles is 1. The minimum Gasteiger partial charge on any atom is -0.434 e. The number of phosphoric acid groups is 1. The van der Waals surface area contributed by atoms with Gasteiger partial charge in [0.1, 0.15) is 17.1 Å². The monoisotopic (exact) mass is 586 g/mol. The summed E-state index contributed by atoms with van der Waals surface area (Å²) in [6, 6.07) is 2.35. The van der Waals surface area contributed by atoms with E-state index < -0.39 is 66.4 Å². The lowest BCUT2D eigenvalue weighted by Gasteiger charge is -2.34. The minimum atomic E-state index is -4.61. The molecule has 0 saturated heterocycles. The Morgan fingerprint density at radius 2 is 1.82 bits per heavy atom. The summed E-state index contributed by atoms with van der Waals surface area (Å²) >= 11 is 0. The summed E-state index contributed by atoms with van der Waals surface area (Å²) in [7, 11) is -4.61. The van der Waals surface area contributed by atoms with E-state index in [9.17, 15) is 23.8 Å². The molecule has 15 heteroatoms. The Balaban J connectivity index is 1.87. The maximum atomic E-state index is 15.3.